The molecule has 0 unspecified atom stereocenters. The van der Waals surface area contributed by atoms with Crippen LogP contribution in [-0.2, 0) is 78.5 Å². The van der Waals surface area contributed by atoms with Crippen LogP contribution in [0.2, 0.25) is 0 Å². The first-order valence-electron chi connectivity index (χ1n) is 30.6. The van der Waals surface area contributed by atoms with Gasteiger partial charge in [-0.05, 0) is 115 Å². The van der Waals surface area contributed by atoms with Gasteiger partial charge in [-0.2, -0.15) is 24.7 Å². The van der Waals surface area contributed by atoms with E-state index < -0.39 is 0 Å². The van der Waals surface area contributed by atoms with Crippen molar-refractivity contribution < 1.29 is 35.9 Å². The molecule has 0 N–H and O–H groups in total. The van der Waals surface area contributed by atoms with E-state index in [4.69, 9.17) is 22.7 Å². The lowest BCUT2D eigenvalue weighted by Gasteiger charge is -2.38. The Hall–Kier alpha value is -9.48. The molecule has 0 amide bonds. The Morgan fingerprint density at radius 3 is 1.19 bits per heavy atom. The van der Waals surface area contributed by atoms with Crippen molar-refractivity contribution in [3.63, 3.8) is 0 Å². The third-order valence-corrected chi connectivity index (χ3v) is 18.5. The molecule has 4 atom stereocenters. The van der Waals surface area contributed by atoms with E-state index in [1.54, 1.807) is 25.1 Å². The predicted octanol–water partition coefficient (Wildman–Crippen LogP) is 8.62. The molecule has 0 saturated carbocycles. The first-order chi connectivity index (χ1) is 42.5. The van der Waals surface area contributed by atoms with Gasteiger partial charge in [0.05, 0.1) is 84.7 Å². The summed E-state index contributed by atoms with van der Waals surface area (Å²) in [6, 6.07) is 13.7. The smallest absolute Gasteiger partial charge is 0.396 e. The van der Waals surface area contributed by atoms with Crippen molar-refractivity contribution in [2.24, 2.45) is 56.4 Å². The van der Waals surface area contributed by atoms with E-state index in [-0.39, 0.29) is 46.8 Å². The monoisotopic (exact) mass is 1230 g/mol. The highest BCUT2D eigenvalue weighted by molar-refractivity contribution is 5.76. The van der Waals surface area contributed by atoms with E-state index in [0.717, 1.165) is 58.3 Å². The molecule has 0 saturated heterocycles. The van der Waals surface area contributed by atoms with E-state index in [1.165, 1.54) is 11.4 Å². The number of benzene rings is 1. The summed E-state index contributed by atoms with van der Waals surface area (Å²) in [5.41, 5.74) is 4.75. The van der Waals surface area contributed by atoms with Crippen LogP contribution >= 0.6 is 0 Å². The molecule has 1 aromatic carbocycles. The van der Waals surface area contributed by atoms with Gasteiger partial charge in [-0.1, -0.05) is 12.1 Å². The van der Waals surface area contributed by atoms with Crippen molar-refractivity contribution in [1.29, 1.82) is 0 Å². The molecule has 90 heavy (non-hydrogen) atoms. The molecule has 8 aromatic heterocycles. The summed E-state index contributed by atoms with van der Waals surface area (Å²) >= 11 is 0. The van der Waals surface area contributed by atoms with Crippen LogP contribution in [-0.4, -0.2) is 82.7 Å². The van der Waals surface area contributed by atoms with Gasteiger partial charge in [-0.3, -0.25) is 4.68 Å². The molecule has 0 fully saturated rings. The van der Waals surface area contributed by atoms with Crippen molar-refractivity contribution >= 4 is 35.1 Å². The summed E-state index contributed by atoms with van der Waals surface area (Å²) in [5, 5.41) is 4.49. The maximum absolute atomic E-state index is 5.65. The van der Waals surface area contributed by atoms with Crippen LogP contribution in [0, 0.1) is 13.8 Å². The van der Waals surface area contributed by atoms with Crippen molar-refractivity contribution in [2.75, 3.05) is 19.6 Å². The second-order valence-electron chi connectivity index (χ2n) is 25.8. The quantitative estimate of drug-likeness (QED) is 0.107. The average molecular weight is 1230 g/mol. The lowest BCUT2D eigenvalue weighted by Crippen LogP contribution is -2.49. The van der Waals surface area contributed by atoms with E-state index in [1.807, 2.05) is 135 Å². The van der Waals surface area contributed by atoms with Gasteiger partial charge in [-0.15, -0.1) is 0 Å². The van der Waals surface area contributed by atoms with Crippen LogP contribution in [0.5, 0.6) is 0 Å². The fourth-order valence-electron chi connectivity index (χ4n) is 13.3. The number of anilines is 4. The molecule has 9 aromatic rings. The molecule has 4 aliphatic rings. The fraction of sp³-hybridized carbons (Fsp3) is 0.455. The molecule has 12 heterocycles. The van der Waals surface area contributed by atoms with E-state index in [0.29, 0.717) is 0 Å². The van der Waals surface area contributed by atoms with Crippen LogP contribution in [0.4, 0.5) is 24.1 Å². The standard InChI is InChI=1S/C19H24N5O.2C16H24N5O.C15H22N5O/c1-14-23(18-21(4)12-13-25-18)10-11-24(14)19(2,3)17-20-15-8-6-7-9-16(15)22(17)5;1-12-17-11-14(19(12)6)16(3,4)21-8-7-20(13(21)2)15-18(5)9-10-22-15;1-12-11-14(19(6)17-12)16(3,4)21-8-7-20(13(21)2)15-18(5)9-10-22-15;1-12-19(14-18(5)10-11-21-14)8-9-20(12)15(2,3)13-16-6-7-17(13)4/h6-14H,1-5H3;2*7-11,13H,1-6H3;6-12H,1-5H3/q4*+1/t14-;2*13-;12-/m1111/s1. The number of nitrogens with zero attached hydrogens (tertiary/aromatic N) is 20. The number of fused-ring (bicyclic) bond motifs is 1. The number of aromatic nitrogens is 12. The van der Waals surface area contributed by atoms with Crippen molar-refractivity contribution in [2.45, 2.75) is 144 Å². The highest BCUT2D eigenvalue weighted by Gasteiger charge is 2.47. The molecule has 0 radical (unpaired) electrons. The number of imidazole rings is 3. The Morgan fingerprint density at radius 1 is 0.467 bits per heavy atom. The van der Waals surface area contributed by atoms with Crippen LogP contribution in [0.3, 0.4) is 0 Å². The van der Waals surface area contributed by atoms with E-state index in [2.05, 4.69) is 233 Å². The molecule has 4 aliphatic heterocycles. The summed E-state index contributed by atoms with van der Waals surface area (Å²) in [4.78, 5) is 31.6. The fourth-order valence-corrected chi connectivity index (χ4v) is 13.3. The normalized spacial score (nSPS) is 18.4. The highest BCUT2D eigenvalue weighted by Crippen LogP contribution is 2.40. The van der Waals surface area contributed by atoms with Crippen LogP contribution in [0.25, 0.3) is 11.0 Å². The number of hydrogen-bond acceptors (Lipinski definition) is 16. The van der Waals surface area contributed by atoms with Crippen molar-refractivity contribution in [3.8, 4) is 0 Å². The second kappa shape index (κ2) is 24.1. The Balaban J connectivity index is 0.000000132. The van der Waals surface area contributed by atoms with Gasteiger partial charge >= 0.3 is 24.1 Å². The molecule has 0 spiro atoms. The number of aryl methyl sites for hydroxylation is 9. The maximum atomic E-state index is 5.65. The molecule has 13 rings (SSSR count). The molecular weight excluding hydrogens is 1140 g/mol. The molecule has 0 bridgehead atoms. The number of para-hydroxylation sites is 2. The SMILES string of the molecule is C[C@@H]1N(c2occ[n+]2C)C=CN1C(C)(C)c1nc2ccccc2n1C.C[C@@H]1N(c2occ[n+]2C)C=CN1C(C)(C)c1nccn1C.Cc1cc(C(C)(C)N2C=CN(c3occ[n+]3C)[C@H]2C)n(C)n1.Cc1ncc(C(C)(C)N2C=CN(c3occ[n+]3C)[C@H]2C)n1C. The average Bonchev–Trinajstić information content (AvgIpc) is 1.70. The first kappa shape index (κ1) is 63.5. The van der Waals surface area contributed by atoms with Gasteiger partial charge in [0.15, 0.2) is 24.7 Å². The van der Waals surface area contributed by atoms with Crippen molar-refractivity contribution in [3.05, 3.63) is 183 Å². The molecule has 478 valence electrons. The van der Waals surface area contributed by atoms with Crippen LogP contribution in [0.15, 0.2) is 166 Å². The van der Waals surface area contributed by atoms with Gasteiger partial charge in [0, 0.05) is 65.4 Å². The Bertz CT molecular complexity index is 4000. The number of hydrogen-bond donors (Lipinski definition) is 0. The van der Waals surface area contributed by atoms with Gasteiger partial charge in [0.2, 0.25) is 0 Å². The van der Waals surface area contributed by atoms with Crippen LogP contribution < -0.4 is 37.9 Å². The summed E-state index contributed by atoms with van der Waals surface area (Å²) < 4.78 is 38.7. The predicted molar refractivity (Wildman–Crippen MR) is 343 cm³/mol. The zero-order chi connectivity index (χ0) is 65.1. The lowest BCUT2D eigenvalue weighted by atomic mass is 9.97. The van der Waals surface area contributed by atoms with Crippen LogP contribution in [0.1, 0.15) is 118 Å². The van der Waals surface area contributed by atoms with Gasteiger partial charge in [0.25, 0.3) is 0 Å². The highest BCUT2D eigenvalue weighted by atomic mass is 16.4. The zero-order valence-electron chi connectivity index (χ0n) is 56.7. The Labute approximate surface area is 529 Å². The first-order valence-corrected chi connectivity index (χ1v) is 30.6. The van der Waals surface area contributed by atoms with Crippen molar-refractivity contribution in [1.82, 2.24) is 58.0 Å². The van der Waals surface area contributed by atoms with Gasteiger partial charge in [-0.25, -0.2) is 33.2 Å². The van der Waals surface area contributed by atoms with E-state index in [9.17, 15) is 0 Å². The third kappa shape index (κ3) is 11.3. The lowest BCUT2D eigenvalue weighted by molar-refractivity contribution is -0.661. The number of oxazole rings is 4. The topological polar surface area (TPSA) is 165 Å². The Morgan fingerprint density at radius 2 is 0.856 bits per heavy atom. The van der Waals surface area contributed by atoms with E-state index >= 15 is 0 Å². The minimum Gasteiger partial charge on any atom is -0.396 e. The van der Waals surface area contributed by atoms with Gasteiger partial charge < -0.3 is 51.0 Å². The summed E-state index contributed by atoms with van der Waals surface area (Å²) in [7, 11) is 16.1. The summed E-state index contributed by atoms with van der Waals surface area (Å²) in [6.07, 6.45) is 37.5. The molecular formula is C66H94N20O4+4. The molecule has 24 heteroatoms. The molecule has 0 aliphatic carbocycles. The summed E-state index contributed by atoms with van der Waals surface area (Å²) in [5.74, 6) is 3.09. The maximum Gasteiger partial charge on any atom is 0.462 e. The zero-order valence-corrected chi connectivity index (χ0v) is 56.7. The second-order valence-corrected chi connectivity index (χ2v) is 25.8. The summed E-state index contributed by atoms with van der Waals surface area (Å²) in [6.45, 7) is 30.4. The minimum absolute atomic E-state index is 0.118. The molecule has 24 nitrogen and oxygen atoms in total. The third-order valence-electron chi connectivity index (χ3n) is 18.5. The number of rotatable bonds is 12. The largest absolute Gasteiger partial charge is 0.462 e. The minimum atomic E-state index is -0.274. The Kier molecular flexibility index (Phi) is 17.0. The van der Waals surface area contributed by atoms with Gasteiger partial charge in [0.1, 0.15) is 92.1 Å².